The van der Waals surface area contributed by atoms with Crippen molar-refractivity contribution in [2.75, 3.05) is 6.61 Å². The zero-order chi connectivity index (χ0) is 17.0. The Bertz CT molecular complexity index is 692. The second kappa shape index (κ2) is 6.65. The SMILES string of the molecule is CC(C)(C)C(=O)COC(=O)c1ccc(-c2ccc(O)cc2)cc1. The number of Topliss-reactive ketones (excluding diaryl/α,β-unsaturated/α-hetero) is 1. The number of phenols is 1. The van der Waals surface area contributed by atoms with E-state index >= 15 is 0 Å². The van der Waals surface area contributed by atoms with E-state index < -0.39 is 11.4 Å². The number of hydrogen-bond acceptors (Lipinski definition) is 4. The van der Waals surface area contributed by atoms with Gasteiger partial charge in [0.05, 0.1) is 5.56 Å². The highest BCUT2D eigenvalue weighted by molar-refractivity contribution is 5.93. The van der Waals surface area contributed by atoms with Gasteiger partial charge in [-0.1, -0.05) is 45.0 Å². The summed E-state index contributed by atoms with van der Waals surface area (Å²) in [4.78, 5) is 23.7. The largest absolute Gasteiger partial charge is 0.508 e. The van der Waals surface area contributed by atoms with Crippen LogP contribution in [0.1, 0.15) is 31.1 Å². The number of aromatic hydroxyl groups is 1. The lowest BCUT2D eigenvalue weighted by Crippen LogP contribution is -2.26. The second-order valence-electron chi connectivity index (χ2n) is 6.37. The van der Waals surface area contributed by atoms with Gasteiger partial charge in [0.2, 0.25) is 0 Å². The van der Waals surface area contributed by atoms with E-state index in [0.29, 0.717) is 5.56 Å². The van der Waals surface area contributed by atoms with Gasteiger partial charge in [-0.05, 0) is 35.4 Å². The number of carbonyl (C=O) groups excluding carboxylic acids is 2. The number of ether oxygens (including phenoxy) is 1. The van der Waals surface area contributed by atoms with Crippen molar-refractivity contribution in [1.82, 2.24) is 0 Å². The highest BCUT2D eigenvalue weighted by Crippen LogP contribution is 2.22. The van der Waals surface area contributed by atoms with Crippen molar-refractivity contribution in [3.63, 3.8) is 0 Å². The van der Waals surface area contributed by atoms with Gasteiger partial charge < -0.3 is 9.84 Å². The van der Waals surface area contributed by atoms with Crippen molar-refractivity contribution < 1.29 is 19.4 Å². The van der Waals surface area contributed by atoms with Crippen molar-refractivity contribution >= 4 is 11.8 Å². The Hall–Kier alpha value is -2.62. The van der Waals surface area contributed by atoms with E-state index in [-0.39, 0.29) is 18.1 Å². The first-order chi connectivity index (χ1) is 10.8. The molecule has 0 spiro atoms. The third-order valence-electron chi connectivity index (χ3n) is 3.49. The zero-order valence-electron chi connectivity index (χ0n) is 13.5. The average Bonchev–Trinajstić information content (AvgIpc) is 2.52. The summed E-state index contributed by atoms with van der Waals surface area (Å²) in [5, 5.41) is 9.29. The average molecular weight is 312 g/mol. The Morgan fingerprint density at radius 2 is 1.39 bits per heavy atom. The van der Waals surface area contributed by atoms with Crippen LogP contribution in [0.4, 0.5) is 0 Å². The summed E-state index contributed by atoms with van der Waals surface area (Å²) in [6.45, 7) is 5.14. The predicted molar refractivity (Wildman–Crippen MR) is 88.3 cm³/mol. The summed E-state index contributed by atoms with van der Waals surface area (Å²) in [5.74, 6) is -0.427. The van der Waals surface area contributed by atoms with Gasteiger partial charge in [0, 0.05) is 5.41 Å². The Morgan fingerprint density at radius 1 is 0.913 bits per heavy atom. The number of rotatable bonds is 4. The number of benzene rings is 2. The fourth-order valence-corrected chi connectivity index (χ4v) is 1.88. The Labute approximate surface area is 135 Å². The topological polar surface area (TPSA) is 63.6 Å². The number of phenolic OH excluding ortho intramolecular Hbond substituents is 1. The monoisotopic (exact) mass is 312 g/mol. The van der Waals surface area contributed by atoms with Crippen LogP contribution in [0.5, 0.6) is 5.75 Å². The molecule has 0 aliphatic heterocycles. The number of ketones is 1. The van der Waals surface area contributed by atoms with Gasteiger partial charge >= 0.3 is 5.97 Å². The minimum absolute atomic E-state index is 0.119. The van der Waals surface area contributed by atoms with Gasteiger partial charge in [0.1, 0.15) is 5.75 Å². The molecule has 0 fully saturated rings. The van der Waals surface area contributed by atoms with Crippen LogP contribution in [0.3, 0.4) is 0 Å². The highest BCUT2D eigenvalue weighted by Gasteiger charge is 2.22. The first-order valence-corrected chi connectivity index (χ1v) is 7.37. The maximum absolute atomic E-state index is 12.0. The molecule has 23 heavy (non-hydrogen) atoms. The first-order valence-electron chi connectivity index (χ1n) is 7.37. The van der Waals surface area contributed by atoms with Gasteiger partial charge in [-0.25, -0.2) is 4.79 Å². The fourth-order valence-electron chi connectivity index (χ4n) is 1.88. The molecule has 2 aromatic rings. The first kappa shape index (κ1) is 16.7. The van der Waals surface area contributed by atoms with E-state index in [0.717, 1.165) is 11.1 Å². The number of hydrogen-bond donors (Lipinski definition) is 1. The molecule has 0 unspecified atom stereocenters. The summed E-state index contributed by atoms with van der Waals surface area (Å²) in [6.07, 6.45) is 0. The van der Waals surface area contributed by atoms with E-state index in [9.17, 15) is 14.7 Å². The van der Waals surface area contributed by atoms with Crippen LogP contribution < -0.4 is 0 Å². The molecule has 0 saturated heterocycles. The molecule has 0 atom stereocenters. The number of carbonyl (C=O) groups is 2. The molecule has 2 rings (SSSR count). The van der Waals surface area contributed by atoms with Crippen molar-refractivity contribution in [2.24, 2.45) is 5.41 Å². The third kappa shape index (κ3) is 4.42. The van der Waals surface area contributed by atoms with Crippen LogP contribution in [-0.4, -0.2) is 23.5 Å². The zero-order valence-corrected chi connectivity index (χ0v) is 13.5. The lowest BCUT2D eigenvalue weighted by Gasteiger charge is -2.16. The molecule has 4 heteroatoms. The molecular formula is C19H20O4. The Kier molecular flexibility index (Phi) is 4.84. The van der Waals surface area contributed by atoms with Crippen molar-refractivity contribution in [3.8, 4) is 16.9 Å². The lowest BCUT2D eigenvalue weighted by atomic mass is 9.91. The van der Waals surface area contributed by atoms with Crippen LogP contribution >= 0.6 is 0 Å². The third-order valence-corrected chi connectivity index (χ3v) is 3.49. The molecule has 1 N–H and O–H groups in total. The summed E-state index contributed by atoms with van der Waals surface area (Å²) >= 11 is 0. The van der Waals surface area contributed by atoms with E-state index in [4.69, 9.17) is 4.74 Å². The van der Waals surface area contributed by atoms with E-state index in [1.165, 1.54) is 0 Å². The highest BCUT2D eigenvalue weighted by atomic mass is 16.5. The van der Waals surface area contributed by atoms with E-state index in [2.05, 4.69) is 0 Å². The van der Waals surface area contributed by atoms with Crippen LogP contribution in [0.25, 0.3) is 11.1 Å². The fraction of sp³-hybridized carbons (Fsp3) is 0.263. The quantitative estimate of drug-likeness (QED) is 0.871. The summed E-state index contributed by atoms with van der Waals surface area (Å²) in [6, 6.07) is 13.7. The Morgan fingerprint density at radius 3 is 1.87 bits per heavy atom. The minimum Gasteiger partial charge on any atom is -0.508 e. The van der Waals surface area contributed by atoms with Gasteiger partial charge in [-0.3, -0.25) is 4.79 Å². The normalized spacial score (nSPS) is 11.1. The van der Waals surface area contributed by atoms with Gasteiger partial charge in [-0.15, -0.1) is 0 Å². The predicted octanol–water partition coefficient (Wildman–Crippen LogP) is 3.83. The second-order valence-corrected chi connectivity index (χ2v) is 6.37. The van der Waals surface area contributed by atoms with Crippen molar-refractivity contribution in [1.29, 1.82) is 0 Å². The molecule has 4 nitrogen and oxygen atoms in total. The maximum atomic E-state index is 12.0. The molecule has 0 aliphatic rings. The van der Waals surface area contributed by atoms with Crippen molar-refractivity contribution in [3.05, 3.63) is 54.1 Å². The van der Waals surface area contributed by atoms with Crippen LogP contribution in [0.15, 0.2) is 48.5 Å². The summed E-state index contributed by atoms with van der Waals surface area (Å²) < 4.78 is 5.06. The molecular weight excluding hydrogens is 292 g/mol. The summed E-state index contributed by atoms with van der Waals surface area (Å²) in [7, 11) is 0. The van der Waals surface area contributed by atoms with Crippen molar-refractivity contribution in [2.45, 2.75) is 20.8 Å². The molecule has 0 radical (unpaired) electrons. The smallest absolute Gasteiger partial charge is 0.338 e. The van der Waals surface area contributed by atoms with Gasteiger partial charge in [-0.2, -0.15) is 0 Å². The van der Waals surface area contributed by atoms with E-state index in [1.807, 2.05) is 0 Å². The molecule has 0 aliphatic carbocycles. The molecule has 2 aromatic carbocycles. The molecule has 0 saturated carbocycles. The van der Waals surface area contributed by atoms with Gasteiger partial charge in [0.15, 0.2) is 12.4 Å². The number of esters is 1. The van der Waals surface area contributed by atoms with E-state index in [1.54, 1.807) is 69.3 Å². The van der Waals surface area contributed by atoms with Gasteiger partial charge in [0.25, 0.3) is 0 Å². The summed E-state index contributed by atoms with van der Waals surface area (Å²) in [5.41, 5.74) is 1.73. The lowest BCUT2D eigenvalue weighted by molar-refractivity contribution is -0.129. The maximum Gasteiger partial charge on any atom is 0.338 e. The van der Waals surface area contributed by atoms with Crippen LogP contribution in [-0.2, 0) is 9.53 Å². The molecule has 120 valence electrons. The standard InChI is InChI=1S/C19H20O4/c1-19(2,3)17(21)12-23-18(22)15-6-4-13(5-7-15)14-8-10-16(20)11-9-14/h4-11,20H,12H2,1-3H3. The van der Waals surface area contributed by atoms with Crippen LogP contribution in [0.2, 0.25) is 0 Å². The van der Waals surface area contributed by atoms with Crippen LogP contribution in [0, 0.1) is 5.41 Å². The molecule has 0 heterocycles. The minimum atomic E-state index is -0.525. The molecule has 0 bridgehead atoms. The molecule has 0 amide bonds. The Balaban J connectivity index is 2.03. The molecule has 0 aromatic heterocycles.